The summed E-state index contributed by atoms with van der Waals surface area (Å²) in [6.07, 6.45) is 0. The topological polar surface area (TPSA) is 17.8 Å². The zero-order valence-electron chi connectivity index (χ0n) is 10.4. The normalized spacial score (nSPS) is 11.1. The predicted octanol–water partition coefficient (Wildman–Crippen LogP) is 4.84. The predicted molar refractivity (Wildman–Crippen MR) is 83.1 cm³/mol. The second kappa shape index (κ2) is 4.99. The van der Waals surface area contributed by atoms with Gasteiger partial charge in [-0.25, -0.2) is 4.98 Å². The van der Waals surface area contributed by atoms with Gasteiger partial charge in [-0.2, -0.15) is 0 Å². The van der Waals surface area contributed by atoms with Crippen LogP contribution in [0, 0.1) is 6.92 Å². The van der Waals surface area contributed by atoms with Crippen LogP contribution in [0.3, 0.4) is 0 Å². The van der Waals surface area contributed by atoms with Gasteiger partial charge in [0.1, 0.15) is 5.82 Å². The van der Waals surface area contributed by atoms with Gasteiger partial charge in [0, 0.05) is 10.2 Å². The molecule has 0 aliphatic rings. The van der Waals surface area contributed by atoms with Gasteiger partial charge in [0.05, 0.1) is 16.9 Å². The van der Waals surface area contributed by atoms with Gasteiger partial charge in [-0.3, -0.25) is 4.57 Å². The molecule has 0 amide bonds. The Morgan fingerprint density at radius 2 is 1.89 bits per heavy atom. The molecule has 0 aliphatic heterocycles. The molecular weight excluding hydrogens is 324 g/mol. The third-order valence-corrected chi connectivity index (χ3v) is 3.85. The molecule has 0 radical (unpaired) electrons. The third-order valence-electron chi connectivity index (χ3n) is 3.08. The summed E-state index contributed by atoms with van der Waals surface area (Å²) >= 11 is 9.48. The first-order valence-corrected chi connectivity index (χ1v) is 7.31. The summed E-state index contributed by atoms with van der Waals surface area (Å²) in [7, 11) is 0. The minimum absolute atomic E-state index is 0.393. The zero-order valence-corrected chi connectivity index (χ0v) is 12.7. The number of halogens is 2. The highest BCUT2D eigenvalue weighted by Gasteiger charge is 2.11. The fourth-order valence-corrected chi connectivity index (χ4v) is 2.65. The lowest BCUT2D eigenvalue weighted by atomic mass is 10.2. The van der Waals surface area contributed by atoms with Crippen molar-refractivity contribution in [3.05, 3.63) is 58.3 Å². The number of imidazole rings is 1. The van der Waals surface area contributed by atoms with Crippen LogP contribution in [0.25, 0.3) is 16.7 Å². The Kier molecular flexibility index (Phi) is 3.33. The molecule has 0 aliphatic carbocycles. The van der Waals surface area contributed by atoms with Crippen LogP contribution in [0.5, 0.6) is 0 Å². The maximum absolute atomic E-state index is 6.03. The van der Waals surface area contributed by atoms with Crippen LogP contribution in [0.15, 0.2) is 46.9 Å². The Bertz CT molecular complexity index is 732. The van der Waals surface area contributed by atoms with Crippen LogP contribution in [-0.2, 0) is 5.88 Å². The summed E-state index contributed by atoms with van der Waals surface area (Å²) in [5.41, 5.74) is 4.35. The number of hydrogen-bond donors (Lipinski definition) is 0. The van der Waals surface area contributed by atoms with Crippen molar-refractivity contribution in [1.29, 1.82) is 0 Å². The lowest BCUT2D eigenvalue weighted by Gasteiger charge is -2.07. The molecule has 19 heavy (non-hydrogen) atoms. The van der Waals surface area contributed by atoms with E-state index in [1.165, 1.54) is 5.56 Å². The molecule has 1 heterocycles. The van der Waals surface area contributed by atoms with Crippen molar-refractivity contribution in [2.24, 2.45) is 0 Å². The number of fused-ring (bicyclic) bond motifs is 1. The Labute approximate surface area is 125 Å². The Hall–Kier alpha value is -1.32. The third kappa shape index (κ3) is 2.28. The van der Waals surface area contributed by atoms with Crippen LogP contribution >= 0.6 is 27.5 Å². The fourth-order valence-electron chi connectivity index (χ4n) is 2.21. The molecule has 0 bridgehead atoms. The van der Waals surface area contributed by atoms with Crippen molar-refractivity contribution in [3.8, 4) is 5.69 Å². The minimum Gasteiger partial charge on any atom is -0.295 e. The number of benzene rings is 2. The van der Waals surface area contributed by atoms with E-state index in [1.807, 2.05) is 12.1 Å². The van der Waals surface area contributed by atoms with E-state index in [9.17, 15) is 0 Å². The number of alkyl halides is 1. The number of nitrogens with zero attached hydrogens (tertiary/aromatic N) is 2. The highest BCUT2D eigenvalue weighted by Crippen LogP contribution is 2.24. The van der Waals surface area contributed by atoms with Crippen LogP contribution < -0.4 is 0 Å². The van der Waals surface area contributed by atoms with E-state index in [4.69, 9.17) is 11.6 Å². The first kappa shape index (κ1) is 12.7. The summed E-state index contributed by atoms with van der Waals surface area (Å²) in [6.45, 7) is 2.07. The molecule has 4 heteroatoms. The van der Waals surface area contributed by atoms with E-state index in [2.05, 4.69) is 62.7 Å². The Balaban J connectivity index is 2.29. The second-order valence-corrected chi connectivity index (χ2v) is 5.65. The minimum atomic E-state index is 0.393. The van der Waals surface area contributed by atoms with Gasteiger partial charge in [0.15, 0.2) is 0 Å². The van der Waals surface area contributed by atoms with Gasteiger partial charge >= 0.3 is 0 Å². The van der Waals surface area contributed by atoms with Gasteiger partial charge in [-0.15, -0.1) is 11.6 Å². The van der Waals surface area contributed by atoms with Crippen molar-refractivity contribution in [1.82, 2.24) is 9.55 Å². The monoisotopic (exact) mass is 334 g/mol. The molecule has 0 fully saturated rings. The summed E-state index contributed by atoms with van der Waals surface area (Å²) in [6, 6.07) is 14.4. The van der Waals surface area contributed by atoms with Gasteiger partial charge in [-0.05, 0) is 48.9 Å². The van der Waals surface area contributed by atoms with Crippen LogP contribution in [0.2, 0.25) is 0 Å². The van der Waals surface area contributed by atoms with Crippen molar-refractivity contribution in [3.63, 3.8) is 0 Å². The average Bonchev–Trinajstić information content (AvgIpc) is 2.77. The molecule has 0 saturated heterocycles. The smallest absolute Gasteiger partial charge is 0.129 e. The number of rotatable bonds is 2. The van der Waals surface area contributed by atoms with Crippen molar-refractivity contribution >= 4 is 38.6 Å². The Morgan fingerprint density at radius 3 is 2.58 bits per heavy atom. The molecule has 3 rings (SSSR count). The van der Waals surface area contributed by atoms with E-state index < -0.39 is 0 Å². The molecule has 2 aromatic carbocycles. The molecule has 0 atom stereocenters. The molecule has 2 nitrogen and oxygen atoms in total. The molecule has 3 aromatic rings. The Morgan fingerprint density at radius 1 is 1.16 bits per heavy atom. The maximum Gasteiger partial charge on any atom is 0.129 e. The van der Waals surface area contributed by atoms with E-state index in [0.29, 0.717) is 5.88 Å². The van der Waals surface area contributed by atoms with E-state index in [0.717, 1.165) is 27.0 Å². The second-order valence-electron chi connectivity index (χ2n) is 4.47. The summed E-state index contributed by atoms with van der Waals surface area (Å²) < 4.78 is 3.16. The standard InChI is InChI=1S/C15H12BrClN2/c1-10-2-7-14-13(8-10)18-15(9-17)19(14)12-5-3-11(16)4-6-12/h2-8H,9H2,1H3. The molecule has 0 N–H and O–H groups in total. The first-order valence-electron chi connectivity index (χ1n) is 5.99. The lowest BCUT2D eigenvalue weighted by Crippen LogP contribution is -1.98. The molecular formula is C15H12BrClN2. The largest absolute Gasteiger partial charge is 0.295 e. The summed E-state index contributed by atoms with van der Waals surface area (Å²) in [5, 5.41) is 0. The van der Waals surface area contributed by atoms with Gasteiger partial charge in [-0.1, -0.05) is 22.0 Å². The van der Waals surface area contributed by atoms with Crippen LogP contribution in [0.1, 0.15) is 11.4 Å². The van der Waals surface area contributed by atoms with Gasteiger partial charge < -0.3 is 0 Å². The van der Waals surface area contributed by atoms with Gasteiger partial charge in [0.2, 0.25) is 0 Å². The first-order chi connectivity index (χ1) is 9.19. The SMILES string of the molecule is Cc1ccc2c(c1)nc(CCl)n2-c1ccc(Br)cc1. The lowest BCUT2D eigenvalue weighted by molar-refractivity contribution is 0.981. The molecule has 0 saturated carbocycles. The number of hydrogen-bond acceptors (Lipinski definition) is 1. The molecule has 96 valence electrons. The summed E-state index contributed by atoms with van der Waals surface area (Å²) in [5.74, 6) is 1.26. The van der Waals surface area contributed by atoms with E-state index >= 15 is 0 Å². The zero-order chi connectivity index (χ0) is 13.4. The maximum atomic E-state index is 6.03. The number of aryl methyl sites for hydroxylation is 1. The quantitative estimate of drug-likeness (QED) is 0.613. The average molecular weight is 336 g/mol. The van der Waals surface area contributed by atoms with Gasteiger partial charge in [0.25, 0.3) is 0 Å². The highest BCUT2D eigenvalue weighted by atomic mass is 79.9. The van der Waals surface area contributed by atoms with Crippen molar-refractivity contribution < 1.29 is 0 Å². The van der Waals surface area contributed by atoms with Crippen LogP contribution in [-0.4, -0.2) is 9.55 Å². The highest BCUT2D eigenvalue weighted by molar-refractivity contribution is 9.10. The molecule has 1 aromatic heterocycles. The molecule has 0 spiro atoms. The van der Waals surface area contributed by atoms with E-state index in [-0.39, 0.29) is 0 Å². The van der Waals surface area contributed by atoms with Crippen molar-refractivity contribution in [2.45, 2.75) is 12.8 Å². The van der Waals surface area contributed by atoms with Crippen LogP contribution in [0.4, 0.5) is 0 Å². The van der Waals surface area contributed by atoms with Crippen molar-refractivity contribution in [2.75, 3.05) is 0 Å². The molecule has 0 unspecified atom stereocenters. The van der Waals surface area contributed by atoms with E-state index in [1.54, 1.807) is 0 Å². The summed E-state index contributed by atoms with van der Waals surface area (Å²) in [4.78, 5) is 4.61. The fraction of sp³-hybridized carbons (Fsp3) is 0.133. The number of aromatic nitrogens is 2.